The van der Waals surface area contributed by atoms with Crippen LogP contribution >= 0.6 is 0 Å². The molecule has 1 saturated heterocycles. The Hall–Kier alpha value is -1.84. The van der Waals surface area contributed by atoms with Gasteiger partial charge in [0.05, 0.1) is 11.3 Å². The summed E-state index contributed by atoms with van der Waals surface area (Å²) in [6.45, 7) is 5.81. The lowest BCUT2D eigenvalue weighted by atomic mass is 9.53. The first-order chi connectivity index (χ1) is 12.5. The topological polar surface area (TPSA) is 52.6 Å². The van der Waals surface area contributed by atoms with E-state index in [2.05, 4.69) is 6.92 Å². The summed E-state index contributed by atoms with van der Waals surface area (Å²) in [5.74, 6) is 2.26. The molecule has 4 saturated carbocycles. The number of carbonyl (C=O) groups excluding carboxylic acids is 2. The van der Waals surface area contributed by atoms with Crippen LogP contribution in [0.5, 0.6) is 0 Å². The molecule has 4 nitrogen and oxygen atoms in total. The lowest BCUT2D eigenvalue weighted by molar-refractivity contribution is -0.152. The Morgan fingerprint density at radius 3 is 2.15 bits per heavy atom. The van der Waals surface area contributed by atoms with Gasteiger partial charge in [0.15, 0.2) is 0 Å². The third kappa shape index (κ3) is 2.14. The van der Waals surface area contributed by atoms with Crippen LogP contribution in [0, 0.1) is 29.6 Å². The molecule has 2 heterocycles. The Morgan fingerprint density at radius 1 is 0.962 bits per heavy atom. The molecule has 2 atom stereocenters. The number of rotatable bonds is 1. The Morgan fingerprint density at radius 2 is 1.58 bits per heavy atom. The minimum Gasteiger partial charge on any atom is -0.490 e. The van der Waals surface area contributed by atoms with Gasteiger partial charge in [-0.15, -0.1) is 0 Å². The van der Waals surface area contributed by atoms with Gasteiger partial charge in [-0.1, -0.05) is 11.6 Å². The van der Waals surface area contributed by atoms with Crippen molar-refractivity contribution in [1.82, 2.24) is 0 Å². The first-order valence-corrected chi connectivity index (χ1v) is 10.0. The zero-order valence-corrected chi connectivity index (χ0v) is 15.7. The van der Waals surface area contributed by atoms with E-state index in [1.807, 2.05) is 6.92 Å². The predicted octanol–water partition coefficient (Wildman–Crippen LogP) is 4.08. The SMILES string of the molecule is CC=C1C(=O)OC(=O)C1C1=C(C)OC(C)C1=C1C2CC3CC(C2)CC1C3. The number of esters is 2. The Bertz CT molecular complexity index is 767. The van der Waals surface area contributed by atoms with Gasteiger partial charge in [0.25, 0.3) is 0 Å². The van der Waals surface area contributed by atoms with Crippen molar-refractivity contribution in [3.8, 4) is 0 Å². The highest BCUT2D eigenvalue weighted by atomic mass is 16.6. The number of hydrogen-bond donors (Lipinski definition) is 0. The number of hydrogen-bond acceptors (Lipinski definition) is 4. The molecule has 0 radical (unpaired) electrons. The molecule has 0 aromatic carbocycles. The summed E-state index contributed by atoms with van der Waals surface area (Å²) >= 11 is 0. The molecule has 0 N–H and O–H groups in total. The smallest absolute Gasteiger partial charge is 0.342 e. The van der Waals surface area contributed by atoms with Crippen molar-refractivity contribution < 1.29 is 19.1 Å². The highest BCUT2D eigenvalue weighted by Gasteiger charge is 2.51. The van der Waals surface area contributed by atoms with Gasteiger partial charge in [-0.05, 0) is 82.1 Å². The van der Waals surface area contributed by atoms with Gasteiger partial charge in [0, 0.05) is 5.57 Å². The first-order valence-electron chi connectivity index (χ1n) is 10.0. The first kappa shape index (κ1) is 16.3. The normalized spacial score (nSPS) is 43.0. The molecule has 0 amide bonds. The van der Waals surface area contributed by atoms with Crippen LogP contribution in [-0.2, 0) is 19.1 Å². The lowest BCUT2D eigenvalue weighted by Gasteiger charge is -2.52. The second-order valence-corrected chi connectivity index (χ2v) is 8.79. The van der Waals surface area contributed by atoms with E-state index in [1.165, 1.54) is 37.7 Å². The zero-order valence-electron chi connectivity index (χ0n) is 15.7. The lowest BCUT2D eigenvalue weighted by Crippen LogP contribution is -2.41. The molecule has 4 bridgehead atoms. The fourth-order valence-corrected chi connectivity index (χ4v) is 6.69. The standard InChI is InChI=1S/C22H26O4/c1-4-16-20(22(24)26-21(16)23)18-11(3)25-10(2)17(18)19-14-6-12-5-13(8-14)9-15(19)7-12/h4,10,12-15,20H,5-9H2,1-3H3. The maximum atomic E-state index is 12.5. The van der Waals surface area contributed by atoms with E-state index >= 15 is 0 Å². The summed E-state index contributed by atoms with van der Waals surface area (Å²) in [6.07, 6.45) is 8.24. The molecule has 6 rings (SSSR count). The molecule has 4 aliphatic carbocycles. The summed E-state index contributed by atoms with van der Waals surface area (Å²) < 4.78 is 11.1. The molecule has 0 aromatic rings. The Balaban J connectivity index is 1.64. The van der Waals surface area contributed by atoms with Gasteiger partial charge >= 0.3 is 11.9 Å². The monoisotopic (exact) mass is 354 g/mol. The Labute approximate surface area is 154 Å². The molecular weight excluding hydrogens is 328 g/mol. The minimum atomic E-state index is -0.614. The number of allylic oxidation sites excluding steroid dienone is 3. The minimum absolute atomic E-state index is 0.0425. The van der Waals surface area contributed by atoms with Gasteiger partial charge < -0.3 is 9.47 Å². The molecule has 138 valence electrons. The molecular formula is C22H26O4. The number of cyclic esters (lactones) is 2. The molecule has 4 heteroatoms. The van der Waals surface area contributed by atoms with Crippen molar-refractivity contribution in [1.29, 1.82) is 0 Å². The van der Waals surface area contributed by atoms with Gasteiger partial charge in [-0.25, -0.2) is 4.79 Å². The molecule has 2 unspecified atom stereocenters. The maximum absolute atomic E-state index is 12.5. The average molecular weight is 354 g/mol. The second-order valence-electron chi connectivity index (χ2n) is 8.79. The van der Waals surface area contributed by atoms with E-state index in [0.717, 1.165) is 23.2 Å². The van der Waals surface area contributed by atoms with E-state index < -0.39 is 17.9 Å². The summed E-state index contributed by atoms with van der Waals surface area (Å²) in [6, 6.07) is 0. The largest absolute Gasteiger partial charge is 0.490 e. The van der Waals surface area contributed by atoms with Crippen LogP contribution < -0.4 is 0 Å². The van der Waals surface area contributed by atoms with Crippen molar-refractivity contribution in [3.05, 3.63) is 34.1 Å². The highest BCUT2D eigenvalue weighted by Crippen LogP contribution is 2.59. The molecule has 5 fully saturated rings. The molecule has 2 aliphatic heterocycles. The van der Waals surface area contributed by atoms with Crippen LogP contribution in [0.1, 0.15) is 52.9 Å². The van der Waals surface area contributed by atoms with Crippen molar-refractivity contribution in [2.45, 2.75) is 59.0 Å². The third-order valence-corrected chi connectivity index (χ3v) is 7.33. The van der Waals surface area contributed by atoms with E-state index in [9.17, 15) is 9.59 Å². The van der Waals surface area contributed by atoms with Crippen LogP contribution in [0.25, 0.3) is 0 Å². The van der Waals surface area contributed by atoms with Crippen molar-refractivity contribution in [2.24, 2.45) is 29.6 Å². The third-order valence-electron chi connectivity index (χ3n) is 7.33. The Kier molecular flexibility index (Phi) is 3.51. The fraction of sp³-hybridized carbons (Fsp3) is 0.636. The summed E-state index contributed by atoms with van der Waals surface area (Å²) in [4.78, 5) is 24.6. The summed E-state index contributed by atoms with van der Waals surface area (Å²) in [5, 5.41) is 0. The van der Waals surface area contributed by atoms with Crippen LogP contribution in [-0.4, -0.2) is 18.0 Å². The fourth-order valence-electron chi connectivity index (χ4n) is 6.69. The number of ether oxygens (including phenoxy) is 2. The van der Waals surface area contributed by atoms with E-state index in [0.29, 0.717) is 17.4 Å². The van der Waals surface area contributed by atoms with Gasteiger partial charge in [0.2, 0.25) is 0 Å². The van der Waals surface area contributed by atoms with E-state index in [1.54, 1.807) is 18.6 Å². The summed E-state index contributed by atoms with van der Waals surface area (Å²) in [7, 11) is 0. The quantitative estimate of drug-likeness (QED) is 0.404. The van der Waals surface area contributed by atoms with Crippen molar-refractivity contribution in [2.75, 3.05) is 0 Å². The molecule has 6 aliphatic rings. The van der Waals surface area contributed by atoms with Crippen LogP contribution in [0.3, 0.4) is 0 Å². The summed E-state index contributed by atoms with van der Waals surface area (Å²) in [5.41, 5.74) is 4.14. The predicted molar refractivity (Wildman–Crippen MR) is 95.7 cm³/mol. The second kappa shape index (κ2) is 5.58. The molecule has 26 heavy (non-hydrogen) atoms. The average Bonchev–Trinajstić information content (AvgIpc) is 3.01. The maximum Gasteiger partial charge on any atom is 0.342 e. The molecule has 0 aromatic heterocycles. The van der Waals surface area contributed by atoms with Gasteiger partial charge in [0.1, 0.15) is 12.0 Å². The van der Waals surface area contributed by atoms with Crippen LogP contribution in [0.4, 0.5) is 0 Å². The van der Waals surface area contributed by atoms with Crippen molar-refractivity contribution in [3.63, 3.8) is 0 Å². The van der Waals surface area contributed by atoms with Gasteiger partial charge in [-0.2, -0.15) is 0 Å². The van der Waals surface area contributed by atoms with Crippen molar-refractivity contribution >= 4 is 11.9 Å². The highest BCUT2D eigenvalue weighted by molar-refractivity contribution is 6.09. The van der Waals surface area contributed by atoms with E-state index in [-0.39, 0.29) is 6.10 Å². The van der Waals surface area contributed by atoms with Gasteiger partial charge in [-0.3, -0.25) is 4.79 Å². The van der Waals surface area contributed by atoms with Crippen LogP contribution in [0.15, 0.2) is 34.1 Å². The van der Waals surface area contributed by atoms with Crippen LogP contribution in [0.2, 0.25) is 0 Å². The zero-order chi connectivity index (χ0) is 18.2. The molecule has 0 spiro atoms. The van der Waals surface area contributed by atoms with E-state index in [4.69, 9.17) is 9.47 Å². The number of carbonyl (C=O) groups is 2.